The summed E-state index contributed by atoms with van der Waals surface area (Å²) in [7, 11) is 0. The number of hydrogen-bond donors (Lipinski definition) is 1. The van der Waals surface area contributed by atoms with E-state index in [9.17, 15) is 0 Å². The highest BCUT2D eigenvalue weighted by molar-refractivity contribution is 9.10. The van der Waals surface area contributed by atoms with Gasteiger partial charge in [-0.3, -0.25) is 4.90 Å². The third-order valence-electron chi connectivity index (χ3n) is 2.85. The van der Waals surface area contributed by atoms with Crippen LogP contribution in [-0.2, 0) is 13.1 Å². The Balaban J connectivity index is 2.03. The normalized spacial score (nSPS) is 17.6. The van der Waals surface area contributed by atoms with Crippen LogP contribution in [0.1, 0.15) is 11.1 Å². The molecule has 0 radical (unpaired) electrons. The molecule has 1 aliphatic heterocycles. The standard InChI is InChI=1S/C12H17BrN2S/c13-12-7-10(8-14)1-2-11(12)9-15-3-5-16-6-4-15/h1-2,7H,3-6,8-9,14H2. The minimum Gasteiger partial charge on any atom is -0.326 e. The second kappa shape index (κ2) is 6.05. The fourth-order valence-electron chi connectivity index (χ4n) is 1.85. The Morgan fingerprint density at radius 3 is 2.69 bits per heavy atom. The third-order valence-corrected chi connectivity index (χ3v) is 4.53. The molecule has 2 N–H and O–H groups in total. The van der Waals surface area contributed by atoms with Crippen molar-refractivity contribution >= 4 is 27.7 Å². The molecule has 0 spiro atoms. The molecular formula is C12H17BrN2S. The lowest BCUT2D eigenvalue weighted by Gasteiger charge is -2.26. The zero-order valence-electron chi connectivity index (χ0n) is 9.29. The maximum Gasteiger partial charge on any atom is 0.0245 e. The van der Waals surface area contributed by atoms with Crippen molar-refractivity contribution in [1.82, 2.24) is 4.90 Å². The van der Waals surface area contributed by atoms with Gasteiger partial charge in [-0.2, -0.15) is 11.8 Å². The summed E-state index contributed by atoms with van der Waals surface area (Å²) >= 11 is 5.68. The van der Waals surface area contributed by atoms with Crippen LogP contribution in [-0.4, -0.2) is 29.5 Å². The Morgan fingerprint density at radius 2 is 2.06 bits per heavy atom. The van der Waals surface area contributed by atoms with Gasteiger partial charge in [0.15, 0.2) is 0 Å². The molecule has 1 heterocycles. The summed E-state index contributed by atoms with van der Waals surface area (Å²) in [5, 5.41) is 0. The number of benzene rings is 1. The van der Waals surface area contributed by atoms with Gasteiger partial charge in [-0.15, -0.1) is 0 Å². The van der Waals surface area contributed by atoms with E-state index >= 15 is 0 Å². The van der Waals surface area contributed by atoms with Gasteiger partial charge in [0.2, 0.25) is 0 Å². The minimum absolute atomic E-state index is 0.610. The summed E-state index contributed by atoms with van der Waals surface area (Å²) in [6.45, 7) is 4.07. The smallest absolute Gasteiger partial charge is 0.0245 e. The van der Waals surface area contributed by atoms with E-state index in [4.69, 9.17) is 5.73 Å². The Hall–Kier alpha value is -0.0300. The molecule has 0 saturated carbocycles. The molecule has 1 saturated heterocycles. The van der Waals surface area contributed by atoms with Crippen LogP contribution in [0.4, 0.5) is 0 Å². The highest BCUT2D eigenvalue weighted by atomic mass is 79.9. The predicted octanol–water partition coefficient (Wildman–Crippen LogP) is 2.46. The van der Waals surface area contributed by atoms with Gasteiger partial charge >= 0.3 is 0 Å². The van der Waals surface area contributed by atoms with Crippen LogP contribution in [0.25, 0.3) is 0 Å². The van der Waals surface area contributed by atoms with Gasteiger partial charge in [0.05, 0.1) is 0 Å². The zero-order valence-corrected chi connectivity index (χ0v) is 11.7. The van der Waals surface area contributed by atoms with E-state index < -0.39 is 0 Å². The highest BCUT2D eigenvalue weighted by Crippen LogP contribution is 2.21. The first-order chi connectivity index (χ1) is 7.79. The average molecular weight is 301 g/mol. The molecule has 4 heteroatoms. The van der Waals surface area contributed by atoms with Gasteiger partial charge in [-0.25, -0.2) is 0 Å². The first-order valence-electron chi connectivity index (χ1n) is 5.57. The van der Waals surface area contributed by atoms with Gasteiger partial charge in [0.1, 0.15) is 0 Å². The van der Waals surface area contributed by atoms with Crippen LogP contribution < -0.4 is 5.73 Å². The Kier molecular flexibility index (Phi) is 4.70. The quantitative estimate of drug-likeness (QED) is 0.930. The molecule has 0 bridgehead atoms. The van der Waals surface area contributed by atoms with Crippen LogP contribution in [0.3, 0.4) is 0 Å². The SMILES string of the molecule is NCc1ccc(CN2CCSCC2)c(Br)c1. The van der Waals surface area contributed by atoms with Crippen molar-refractivity contribution < 1.29 is 0 Å². The lowest BCUT2D eigenvalue weighted by Crippen LogP contribution is -2.32. The Labute approximate surface area is 110 Å². The topological polar surface area (TPSA) is 29.3 Å². The summed E-state index contributed by atoms with van der Waals surface area (Å²) in [5.74, 6) is 2.52. The van der Waals surface area contributed by atoms with E-state index in [0.29, 0.717) is 6.54 Å². The molecule has 0 aliphatic carbocycles. The number of thioether (sulfide) groups is 1. The molecule has 0 aromatic heterocycles. The first-order valence-corrected chi connectivity index (χ1v) is 7.52. The summed E-state index contributed by atoms with van der Waals surface area (Å²) in [6, 6.07) is 6.45. The summed E-state index contributed by atoms with van der Waals surface area (Å²) < 4.78 is 1.19. The van der Waals surface area contributed by atoms with Gasteiger partial charge in [-0.1, -0.05) is 28.1 Å². The number of nitrogens with zero attached hydrogens (tertiary/aromatic N) is 1. The third kappa shape index (κ3) is 3.23. The maximum absolute atomic E-state index is 5.62. The lowest BCUT2D eigenvalue weighted by atomic mass is 10.1. The van der Waals surface area contributed by atoms with E-state index in [-0.39, 0.29) is 0 Å². The molecule has 1 fully saturated rings. The average Bonchev–Trinajstić information content (AvgIpc) is 2.33. The molecular weight excluding hydrogens is 284 g/mol. The van der Waals surface area contributed by atoms with Crippen molar-refractivity contribution in [2.75, 3.05) is 24.6 Å². The fourth-order valence-corrected chi connectivity index (χ4v) is 3.38. The zero-order chi connectivity index (χ0) is 11.4. The molecule has 2 nitrogen and oxygen atoms in total. The molecule has 0 unspecified atom stereocenters. The molecule has 88 valence electrons. The van der Waals surface area contributed by atoms with Gasteiger partial charge in [0, 0.05) is 42.2 Å². The van der Waals surface area contributed by atoms with Crippen LogP contribution in [0.2, 0.25) is 0 Å². The van der Waals surface area contributed by atoms with Crippen LogP contribution >= 0.6 is 27.7 Å². The molecule has 0 atom stereocenters. The second-order valence-corrected chi connectivity index (χ2v) is 6.10. The van der Waals surface area contributed by atoms with E-state index in [1.165, 1.54) is 40.2 Å². The van der Waals surface area contributed by atoms with Crippen molar-refractivity contribution in [3.63, 3.8) is 0 Å². The van der Waals surface area contributed by atoms with E-state index in [1.807, 2.05) is 11.8 Å². The van der Waals surface area contributed by atoms with Gasteiger partial charge in [0.25, 0.3) is 0 Å². The number of hydrogen-bond acceptors (Lipinski definition) is 3. The maximum atomic E-state index is 5.62. The van der Waals surface area contributed by atoms with Crippen LogP contribution in [0.15, 0.2) is 22.7 Å². The summed E-state index contributed by atoms with van der Waals surface area (Å²) in [4.78, 5) is 2.51. The van der Waals surface area contributed by atoms with Gasteiger partial charge < -0.3 is 5.73 Å². The number of nitrogens with two attached hydrogens (primary N) is 1. The highest BCUT2D eigenvalue weighted by Gasteiger charge is 2.12. The molecule has 0 amide bonds. The largest absolute Gasteiger partial charge is 0.326 e. The molecule has 16 heavy (non-hydrogen) atoms. The van der Waals surface area contributed by atoms with E-state index in [1.54, 1.807) is 0 Å². The van der Waals surface area contributed by atoms with Crippen molar-refractivity contribution in [1.29, 1.82) is 0 Å². The summed E-state index contributed by atoms with van der Waals surface area (Å²) in [6.07, 6.45) is 0. The van der Waals surface area contributed by atoms with E-state index in [0.717, 1.165) is 6.54 Å². The van der Waals surface area contributed by atoms with Crippen LogP contribution in [0.5, 0.6) is 0 Å². The van der Waals surface area contributed by atoms with Crippen molar-refractivity contribution in [3.8, 4) is 0 Å². The van der Waals surface area contributed by atoms with Crippen molar-refractivity contribution in [2.45, 2.75) is 13.1 Å². The molecule has 1 aliphatic rings. The fraction of sp³-hybridized carbons (Fsp3) is 0.500. The van der Waals surface area contributed by atoms with Gasteiger partial charge in [-0.05, 0) is 17.2 Å². The number of rotatable bonds is 3. The molecule has 2 rings (SSSR count). The lowest BCUT2D eigenvalue weighted by molar-refractivity contribution is 0.294. The van der Waals surface area contributed by atoms with Crippen molar-refractivity contribution in [3.05, 3.63) is 33.8 Å². The first kappa shape index (κ1) is 12.4. The van der Waals surface area contributed by atoms with E-state index in [2.05, 4.69) is 39.0 Å². The second-order valence-electron chi connectivity index (χ2n) is 4.02. The van der Waals surface area contributed by atoms with Crippen LogP contribution in [0, 0.1) is 0 Å². The summed E-state index contributed by atoms with van der Waals surface area (Å²) in [5.41, 5.74) is 8.17. The Morgan fingerprint density at radius 1 is 1.31 bits per heavy atom. The minimum atomic E-state index is 0.610. The molecule has 1 aromatic rings. The number of halogens is 1. The van der Waals surface area contributed by atoms with Crippen molar-refractivity contribution in [2.24, 2.45) is 5.73 Å². The Bertz CT molecular complexity index is 351. The molecule has 1 aromatic carbocycles. The predicted molar refractivity (Wildman–Crippen MR) is 74.6 cm³/mol. The monoisotopic (exact) mass is 300 g/mol.